The second-order valence-electron chi connectivity index (χ2n) is 5.86. The van der Waals surface area contributed by atoms with Gasteiger partial charge in [0.05, 0.1) is 11.1 Å². The van der Waals surface area contributed by atoms with E-state index in [0.29, 0.717) is 5.06 Å². The maximum Gasteiger partial charge on any atom is 0.380 e. The Morgan fingerprint density at radius 3 is 2.00 bits per heavy atom. The Morgan fingerprint density at radius 2 is 1.38 bits per heavy atom. The van der Waals surface area contributed by atoms with Crippen LogP contribution in [-0.4, -0.2) is 27.4 Å². The molecular formula is C20H14N2O4. The summed E-state index contributed by atoms with van der Waals surface area (Å²) >= 11 is 0. The molecule has 0 saturated heterocycles. The second-order valence-corrected chi connectivity index (χ2v) is 5.86. The number of hydrogen-bond donors (Lipinski definition) is 0. The SMILES string of the molecule is Cn1c(C(=O)ON2C(=O)c3ccccc3C2=O)ccc1-c1ccccc1. The first kappa shape index (κ1) is 15.8. The first-order valence-electron chi connectivity index (χ1n) is 7.99. The summed E-state index contributed by atoms with van der Waals surface area (Å²) in [4.78, 5) is 42.2. The minimum absolute atomic E-state index is 0.224. The molecule has 128 valence electrons. The molecule has 1 aromatic heterocycles. The molecular weight excluding hydrogens is 332 g/mol. The minimum atomic E-state index is -0.774. The quantitative estimate of drug-likeness (QED) is 0.684. The van der Waals surface area contributed by atoms with Gasteiger partial charge in [-0.1, -0.05) is 47.5 Å². The van der Waals surface area contributed by atoms with Crippen molar-refractivity contribution in [3.05, 3.63) is 83.6 Å². The van der Waals surface area contributed by atoms with Gasteiger partial charge in [-0.05, 0) is 29.8 Å². The van der Waals surface area contributed by atoms with Crippen LogP contribution in [0, 0.1) is 0 Å². The minimum Gasteiger partial charge on any atom is -0.338 e. The van der Waals surface area contributed by atoms with Crippen molar-refractivity contribution in [2.24, 2.45) is 7.05 Å². The topological polar surface area (TPSA) is 68.6 Å². The highest BCUT2D eigenvalue weighted by molar-refractivity contribution is 6.21. The number of carbonyl (C=O) groups excluding carboxylic acids is 3. The van der Waals surface area contributed by atoms with Crippen LogP contribution in [0.2, 0.25) is 0 Å². The molecule has 0 saturated carbocycles. The Labute approximate surface area is 149 Å². The molecule has 1 aliphatic rings. The first-order chi connectivity index (χ1) is 12.6. The van der Waals surface area contributed by atoms with Crippen LogP contribution >= 0.6 is 0 Å². The van der Waals surface area contributed by atoms with Gasteiger partial charge in [0.25, 0.3) is 11.8 Å². The Morgan fingerprint density at radius 1 is 0.808 bits per heavy atom. The van der Waals surface area contributed by atoms with Crippen LogP contribution in [0.1, 0.15) is 31.2 Å². The fraction of sp³-hybridized carbons (Fsp3) is 0.0500. The van der Waals surface area contributed by atoms with Gasteiger partial charge in [-0.15, -0.1) is 0 Å². The summed E-state index contributed by atoms with van der Waals surface area (Å²) in [6.07, 6.45) is 0. The smallest absolute Gasteiger partial charge is 0.338 e. The molecule has 6 heteroatoms. The lowest BCUT2D eigenvalue weighted by Crippen LogP contribution is -2.33. The van der Waals surface area contributed by atoms with E-state index >= 15 is 0 Å². The summed E-state index contributed by atoms with van der Waals surface area (Å²) in [7, 11) is 1.72. The molecule has 6 nitrogen and oxygen atoms in total. The van der Waals surface area contributed by atoms with Gasteiger partial charge in [-0.3, -0.25) is 9.59 Å². The number of benzene rings is 2. The van der Waals surface area contributed by atoms with E-state index in [0.717, 1.165) is 11.3 Å². The molecule has 2 amide bonds. The summed E-state index contributed by atoms with van der Waals surface area (Å²) < 4.78 is 1.66. The molecule has 0 aliphatic carbocycles. The van der Waals surface area contributed by atoms with Crippen LogP contribution in [0.3, 0.4) is 0 Å². The molecule has 0 fully saturated rings. The highest BCUT2D eigenvalue weighted by Gasteiger charge is 2.39. The van der Waals surface area contributed by atoms with Crippen LogP contribution in [-0.2, 0) is 11.9 Å². The van der Waals surface area contributed by atoms with Crippen molar-refractivity contribution in [1.82, 2.24) is 9.63 Å². The lowest BCUT2D eigenvalue weighted by molar-refractivity contribution is -0.0590. The average molecular weight is 346 g/mol. The van der Waals surface area contributed by atoms with Crippen molar-refractivity contribution in [1.29, 1.82) is 0 Å². The number of carbonyl (C=O) groups is 3. The molecule has 0 N–H and O–H groups in total. The first-order valence-corrected chi connectivity index (χ1v) is 7.99. The maximum absolute atomic E-state index is 12.5. The van der Waals surface area contributed by atoms with Crippen LogP contribution in [0.4, 0.5) is 0 Å². The molecule has 0 radical (unpaired) electrons. The lowest BCUT2D eigenvalue weighted by atomic mass is 10.1. The van der Waals surface area contributed by atoms with Crippen molar-refractivity contribution in [3.63, 3.8) is 0 Å². The second kappa shape index (κ2) is 6.00. The van der Waals surface area contributed by atoms with E-state index in [-0.39, 0.29) is 16.8 Å². The summed E-state index contributed by atoms with van der Waals surface area (Å²) in [6, 6.07) is 19.3. The van der Waals surface area contributed by atoms with Gasteiger partial charge in [0.15, 0.2) is 0 Å². The molecule has 0 bridgehead atoms. The van der Waals surface area contributed by atoms with Crippen LogP contribution in [0.25, 0.3) is 11.3 Å². The van der Waals surface area contributed by atoms with E-state index in [1.165, 1.54) is 12.1 Å². The number of rotatable bonds is 3. The zero-order valence-corrected chi connectivity index (χ0v) is 13.9. The van der Waals surface area contributed by atoms with Crippen molar-refractivity contribution in [2.75, 3.05) is 0 Å². The number of amides is 2. The van der Waals surface area contributed by atoms with Gasteiger partial charge in [0, 0.05) is 12.7 Å². The summed E-state index contributed by atoms with van der Waals surface area (Å²) in [5.41, 5.74) is 2.44. The predicted molar refractivity (Wildman–Crippen MR) is 93.2 cm³/mol. The third-order valence-corrected chi connectivity index (χ3v) is 4.33. The Bertz CT molecular complexity index is 1000. The molecule has 2 heterocycles. The fourth-order valence-electron chi connectivity index (χ4n) is 2.99. The Hall–Kier alpha value is -3.67. The van der Waals surface area contributed by atoms with E-state index < -0.39 is 17.8 Å². The van der Waals surface area contributed by atoms with Gasteiger partial charge in [0.2, 0.25) is 0 Å². The third kappa shape index (κ3) is 2.39. The van der Waals surface area contributed by atoms with Crippen molar-refractivity contribution >= 4 is 17.8 Å². The van der Waals surface area contributed by atoms with E-state index in [4.69, 9.17) is 4.84 Å². The van der Waals surface area contributed by atoms with Crippen molar-refractivity contribution in [3.8, 4) is 11.3 Å². The van der Waals surface area contributed by atoms with Gasteiger partial charge in [-0.25, -0.2) is 4.79 Å². The van der Waals surface area contributed by atoms with Crippen LogP contribution in [0.15, 0.2) is 66.7 Å². The molecule has 0 atom stereocenters. The summed E-state index contributed by atoms with van der Waals surface area (Å²) in [5, 5.41) is 0.516. The monoisotopic (exact) mass is 346 g/mol. The molecule has 26 heavy (non-hydrogen) atoms. The molecule has 0 unspecified atom stereocenters. The Kier molecular flexibility index (Phi) is 3.65. The van der Waals surface area contributed by atoms with E-state index in [9.17, 15) is 14.4 Å². The third-order valence-electron chi connectivity index (χ3n) is 4.33. The fourth-order valence-corrected chi connectivity index (χ4v) is 2.99. The van der Waals surface area contributed by atoms with Gasteiger partial charge < -0.3 is 9.40 Å². The Balaban J connectivity index is 1.60. The molecule has 2 aromatic carbocycles. The molecule has 3 aromatic rings. The zero-order chi connectivity index (χ0) is 18.3. The highest BCUT2D eigenvalue weighted by Crippen LogP contribution is 2.25. The summed E-state index contributed by atoms with van der Waals surface area (Å²) in [5.74, 6) is -2.06. The maximum atomic E-state index is 12.5. The standard InChI is InChI=1S/C20H14N2O4/c1-21-16(13-7-3-2-4-8-13)11-12-17(21)20(25)26-22-18(23)14-9-5-6-10-15(14)19(22)24/h2-12H,1H3. The number of fused-ring (bicyclic) bond motifs is 1. The van der Waals surface area contributed by atoms with Crippen molar-refractivity contribution < 1.29 is 19.2 Å². The summed E-state index contributed by atoms with van der Waals surface area (Å²) in [6.45, 7) is 0. The number of imide groups is 1. The van der Waals surface area contributed by atoms with Crippen LogP contribution in [0.5, 0.6) is 0 Å². The zero-order valence-electron chi connectivity index (χ0n) is 13.9. The molecule has 0 spiro atoms. The molecule has 4 rings (SSSR count). The molecule has 1 aliphatic heterocycles. The predicted octanol–water partition coefficient (Wildman–Crippen LogP) is 3.06. The normalized spacial score (nSPS) is 13.0. The average Bonchev–Trinajstić information content (AvgIpc) is 3.16. The van der Waals surface area contributed by atoms with Crippen molar-refractivity contribution in [2.45, 2.75) is 0 Å². The van der Waals surface area contributed by atoms with E-state index in [2.05, 4.69) is 0 Å². The van der Waals surface area contributed by atoms with Gasteiger partial charge >= 0.3 is 5.97 Å². The largest absolute Gasteiger partial charge is 0.380 e. The number of aromatic nitrogens is 1. The van der Waals surface area contributed by atoms with Crippen LogP contribution < -0.4 is 0 Å². The number of hydroxylamine groups is 2. The van der Waals surface area contributed by atoms with E-state index in [1.54, 1.807) is 35.9 Å². The highest BCUT2D eigenvalue weighted by atomic mass is 16.7. The van der Waals surface area contributed by atoms with E-state index in [1.807, 2.05) is 30.3 Å². The number of hydrogen-bond acceptors (Lipinski definition) is 4. The van der Waals surface area contributed by atoms with Gasteiger partial charge in [0.1, 0.15) is 5.69 Å². The number of nitrogens with zero attached hydrogens (tertiary/aromatic N) is 2. The lowest BCUT2D eigenvalue weighted by Gasteiger charge is -2.13. The van der Waals surface area contributed by atoms with Gasteiger partial charge in [-0.2, -0.15) is 0 Å².